The first-order chi connectivity index (χ1) is 11.0. The highest BCUT2D eigenvalue weighted by Crippen LogP contribution is 2.37. The van der Waals surface area contributed by atoms with Crippen LogP contribution in [-0.4, -0.2) is 41.0 Å². The van der Waals surface area contributed by atoms with Crippen LogP contribution in [0.15, 0.2) is 24.3 Å². The summed E-state index contributed by atoms with van der Waals surface area (Å²) in [5.41, 5.74) is 8.80. The first-order valence-electron chi connectivity index (χ1n) is 7.70. The van der Waals surface area contributed by atoms with Gasteiger partial charge in [-0.1, -0.05) is 18.2 Å². The van der Waals surface area contributed by atoms with Gasteiger partial charge in [0.25, 0.3) is 0 Å². The SMILES string of the molecule is COC(=O)[C@H]1Cc2c([nH]c3ccccc23)[C@@H](C)N1C(=O)[C@H](C)N. The van der Waals surface area contributed by atoms with Gasteiger partial charge in [0, 0.05) is 23.0 Å². The van der Waals surface area contributed by atoms with E-state index in [0.717, 1.165) is 22.2 Å². The van der Waals surface area contributed by atoms with Crippen molar-refractivity contribution in [3.8, 4) is 0 Å². The van der Waals surface area contributed by atoms with E-state index in [2.05, 4.69) is 4.98 Å². The van der Waals surface area contributed by atoms with E-state index < -0.39 is 18.1 Å². The minimum atomic E-state index is -0.671. The minimum Gasteiger partial charge on any atom is -0.467 e. The molecule has 0 aliphatic carbocycles. The van der Waals surface area contributed by atoms with Gasteiger partial charge in [0.2, 0.25) is 5.91 Å². The van der Waals surface area contributed by atoms with Crippen molar-refractivity contribution in [3.63, 3.8) is 0 Å². The number of H-pyrrole nitrogens is 1. The van der Waals surface area contributed by atoms with E-state index in [-0.39, 0.29) is 11.9 Å². The summed E-state index contributed by atoms with van der Waals surface area (Å²) in [7, 11) is 1.34. The molecule has 23 heavy (non-hydrogen) atoms. The van der Waals surface area contributed by atoms with Crippen molar-refractivity contribution in [3.05, 3.63) is 35.5 Å². The molecule has 1 amide bonds. The third-order valence-electron chi connectivity index (χ3n) is 4.53. The summed E-state index contributed by atoms with van der Waals surface area (Å²) in [4.78, 5) is 29.7. The molecule has 6 heteroatoms. The number of para-hydroxylation sites is 1. The zero-order valence-electron chi connectivity index (χ0n) is 13.5. The summed E-state index contributed by atoms with van der Waals surface area (Å²) >= 11 is 0. The maximum absolute atomic E-state index is 12.5. The zero-order chi connectivity index (χ0) is 16.7. The van der Waals surface area contributed by atoms with E-state index in [1.807, 2.05) is 31.2 Å². The van der Waals surface area contributed by atoms with Crippen molar-refractivity contribution in [2.24, 2.45) is 5.73 Å². The molecular formula is C17H21N3O3. The number of methoxy groups -OCH3 is 1. The van der Waals surface area contributed by atoms with Crippen LogP contribution in [0.25, 0.3) is 10.9 Å². The fourth-order valence-electron chi connectivity index (χ4n) is 3.41. The van der Waals surface area contributed by atoms with Gasteiger partial charge in [0.15, 0.2) is 0 Å². The van der Waals surface area contributed by atoms with Crippen LogP contribution in [0, 0.1) is 0 Å². The smallest absolute Gasteiger partial charge is 0.328 e. The molecule has 3 N–H and O–H groups in total. The van der Waals surface area contributed by atoms with Crippen LogP contribution in [0.1, 0.15) is 31.1 Å². The number of carbonyl (C=O) groups excluding carboxylic acids is 2. The van der Waals surface area contributed by atoms with Gasteiger partial charge in [0.1, 0.15) is 6.04 Å². The highest BCUT2D eigenvalue weighted by molar-refractivity contribution is 5.91. The van der Waals surface area contributed by atoms with Crippen LogP contribution in [0.5, 0.6) is 0 Å². The number of esters is 1. The summed E-state index contributed by atoms with van der Waals surface area (Å²) in [6.45, 7) is 3.54. The van der Waals surface area contributed by atoms with Crippen LogP contribution in [0.3, 0.4) is 0 Å². The molecule has 1 aromatic heterocycles. The lowest BCUT2D eigenvalue weighted by Gasteiger charge is -2.39. The second kappa shape index (κ2) is 5.70. The first-order valence-corrected chi connectivity index (χ1v) is 7.70. The summed E-state index contributed by atoms with van der Waals surface area (Å²) in [5, 5.41) is 1.08. The van der Waals surface area contributed by atoms with Gasteiger partial charge in [0.05, 0.1) is 19.2 Å². The predicted octanol–water partition coefficient (Wildman–Crippen LogP) is 1.50. The van der Waals surface area contributed by atoms with Gasteiger partial charge < -0.3 is 20.4 Å². The van der Waals surface area contributed by atoms with Gasteiger partial charge in [-0.15, -0.1) is 0 Å². The number of amides is 1. The fraction of sp³-hybridized carbons (Fsp3) is 0.412. The summed E-state index contributed by atoms with van der Waals surface area (Å²) in [6, 6.07) is 6.34. The van der Waals surface area contributed by atoms with Crippen LogP contribution < -0.4 is 5.73 Å². The average Bonchev–Trinajstić information content (AvgIpc) is 2.92. The molecule has 0 radical (unpaired) electrons. The van der Waals surface area contributed by atoms with Gasteiger partial charge in [-0.2, -0.15) is 0 Å². The van der Waals surface area contributed by atoms with Crippen molar-refractivity contribution < 1.29 is 14.3 Å². The molecule has 0 saturated carbocycles. The molecule has 0 saturated heterocycles. The normalized spacial score (nSPS) is 21.8. The molecule has 0 bridgehead atoms. The molecule has 0 fully saturated rings. The highest BCUT2D eigenvalue weighted by Gasteiger charge is 2.42. The molecule has 0 unspecified atom stereocenters. The number of fused-ring (bicyclic) bond motifs is 3. The van der Waals surface area contributed by atoms with Crippen molar-refractivity contribution in [2.75, 3.05) is 7.11 Å². The second-order valence-electron chi connectivity index (χ2n) is 6.02. The summed E-state index contributed by atoms with van der Waals surface area (Å²) in [5.74, 6) is -0.668. The topological polar surface area (TPSA) is 88.4 Å². The van der Waals surface area contributed by atoms with E-state index in [1.54, 1.807) is 11.8 Å². The Balaban J connectivity index is 2.14. The van der Waals surface area contributed by atoms with Crippen molar-refractivity contribution in [1.82, 2.24) is 9.88 Å². The number of nitrogens with two attached hydrogens (primary N) is 1. The van der Waals surface area contributed by atoms with Gasteiger partial charge in [-0.3, -0.25) is 4.79 Å². The highest BCUT2D eigenvalue weighted by atomic mass is 16.5. The van der Waals surface area contributed by atoms with Crippen LogP contribution in [-0.2, 0) is 20.7 Å². The van der Waals surface area contributed by atoms with Crippen LogP contribution in [0.4, 0.5) is 0 Å². The Hall–Kier alpha value is -2.34. The number of nitrogens with one attached hydrogen (secondary N) is 1. The Morgan fingerprint density at radius 2 is 2.09 bits per heavy atom. The van der Waals surface area contributed by atoms with Crippen molar-refractivity contribution in [1.29, 1.82) is 0 Å². The van der Waals surface area contributed by atoms with E-state index >= 15 is 0 Å². The number of nitrogens with zero attached hydrogens (tertiary/aromatic N) is 1. The zero-order valence-corrected chi connectivity index (χ0v) is 13.5. The Kier molecular flexibility index (Phi) is 3.85. The molecule has 3 rings (SSSR count). The van der Waals surface area contributed by atoms with Crippen LogP contribution >= 0.6 is 0 Å². The number of carbonyl (C=O) groups is 2. The monoisotopic (exact) mass is 315 g/mol. The number of aromatic amines is 1. The lowest BCUT2D eigenvalue weighted by atomic mass is 9.91. The molecule has 2 heterocycles. The van der Waals surface area contributed by atoms with E-state index in [4.69, 9.17) is 10.5 Å². The molecule has 3 atom stereocenters. The van der Waals surface area contributed by atoms with E-state index in [9.17, 15) is 9.59 Å². The molecule has 1 aromatic carbocycles. The van der Waals surface area contributed by atoms with E-state index in [0.29, 0.717) is 6.42 Å². The third kappa shape index (κ3) is 2.39. The van der Waals surface area contributed by atoms with Crippen molar-refractivity contribution in [2.45, 2.75) is 38.4 Å². The molecule has 0 spiro atoms. The number of aromatic nitrogens is 1. The molecule has 6 nitrogen and oxygen atoms in total. The average molecular weight is 315 g/mol. The standard InChI is InChI=1S/C17H21N3O3/c1-9(18)16(21)20-10(2)15-12(8-14(20)17(22)23-3)11-6-4-5-7-13(11)19-15/h4-7,9-10,14,19H,8,18H2,1-3H3/t9-,10+,14+/m0/s1. The van der Waals surface area contributed by atoms with Crippen LogP contribution in [0.2, 0.25) is 0 Å². The molecular weight excluding hydrogens is 294 g/mol. The Bertz CT molecular complexity index is 766. The van der Waals surface area contributed by atoms with E-state index in [1.165, 1.54) is 7.11 Å². The fourth-order valence-corrected chi connectivity index (χ4v) is 3.41. The number of benzene rings is 1. The predicted molar refractivity (Wildman–Crippen MR) is 86.7 cm³/mol. The molecule has 1 aliphatic rings. The second-order valence-corrected chi connectivity index (χ2v) is 6.02. The molecule has 1 aliphatic heterocycles. The third-order valence-corrected chi connectivity index (χ3v) is 4.53. The number of rotatable bonds is 2. The van der Waals surface area contributed by atoms with Gasteiger partial charge in [-0.05, 0) is 25.5 Å². The Morgan fingerprint density at radius 3 is 2.74 bits per heavy atom. The maximum atomic E-state index is 12.5. The quantitative estimate of drug-likeness (QED) is 0.822. The number of hydrogen-bond donors (Lipinski definition) is 2. The maximum Gasteiger partial charge on any atom is 0.328 e. The van der Waals surface area contributed by atoms with Crippen molar-refractivity contribution >= 4 is 22.8 Å². The minimum absolute atomic E-state index is 0.253. The molecule has 122 valence electrons. The summed E-state index contributed by atoms with van der Waals surface area (Å²) < 4.78 is 4.92. The number of hydrogen-bond acceptors (Lipinski definition) is 4. The summed E-state index contributed by atoms with van der Waals surface area (Å²) in [6.07, 6.45) is 0.425. The molecule has 2 aromatic rings. The Morgan fingerprint density at radius 1 is 1.39 bits per heavy atom. The first kappa shape index (κ1) is 15.6. The van der Waals surface area contributed by atoms with Gasteiger partial charge in [-0.25, -0.2) is 4.79 Å². The largest absolute Gasteiger partial charge is 0.467 e. The van der Waals surface area contributed by atoms with Gasteiger partial charge >= 0.3 is 5.97 Å². The Labute approximate surface area is 134 Å². The lowest BCUT2D eigenvalue weighted by Crippen LogP contribution is -2.54. The number of ether oxygens (including phenoxy) is 1. The lowest BCUT2D eigenvalue weighted by molar-refractivity contribution is -0.156.